The first kappa shape index (κ1) is 22.5. The van der Waals surface area contributed by atoms with E-state index in [1.165, 1.54) is 5.69 Å². The molecular weight excluding hydrogens is 418 g/mol. The molecule has 4 rings (SSSR count). The summed E-state index contributed by atoms with van der Waals surface area (Å²) >= 11 is 0. The Morgan fingerprint density at radius 1 is 1.15 bits per heavy atom. The molecule has 0 radical (unpaired) electrons. The highest BCUT2D eigenvalue weighted by atomic mass is 16.5. The summed E-state index contributed by atoms with van der Waals surface area (Å²) in [4.78, 5) is 31.0. The number of methoxy groups -OCH3 is 1. The second-order valence-corrected chi connectivity index (χ2v) is 8.15. The van der Waals surface area contributed by atoms with Gasteiger partial charge < -0.3 is 15.0 Å². The lowest BCUT2D eigenvalue weighted by Crippen LogP contribution is -2.36. The van der Waals surface area contributed by atoms with Gasteiger partial charge in [0.1, 0.15) is 5.75 Å². The standard InChI is InChI=1S/C25H29N5O3/c1-29-23-11-15-30(24(31)7-6-18-4-3-5-20(16-18)33-2)17-21(23)22(28-29)10-14-27-25(32)19-8-12-26-13-9-19/h3-5,8-9,12-13,16H,6-7,10-11,14-15,17H2,1-2H3,(H,27,32). The van der Waals surface area contributed by atoms with Gasteiger partial charge in [-0.3, -0.25) is 19.3 Å². The molecule has 3 heterocycles. The minimum atomic E-state index is -0.128. The van der Waals surface area contributed by atoms with Gasteiger partial charge in [-0.2, -0.15) is 5.10 Å². The van der Waals surface area contributed by atoms with Crippen molar-refractivity contribution in [3.05, 3.63) is 76.9 Å². The summed E-state index contributed by atoms with van der Waals surface area (Å²) in [7, 11) is 3.59. The monoisotopic (exact) mass is 447 g/mol. The van der Waals surface area contributed by atoms with Crippen molar-refractivity contribution < 1.29 is 14.3 Å². The molecule has 0 saturated carbocycles. The number of nitrogens with one attached hydrogen (secondary N) is 1. The molecule has 2 aromatic heterocycles. The van der Waals surface area contributed by atoms with Gasteiger partial charge in [-0.1, -0.05) is 12.1 Å². The molecule has 0 aliphatic carbocycles. The van der Waals surface area contributed by atoms with Crippen LogP contribution in [0.1, 0.15) is 39.3 Å². The Hall–Kier alpha value is -3.68. The van der Waals surface area contributed by atoms with E-state index in [1.54, 1.807) is 31.6 Å². The Bertz CT molecular complexity index is 1130. The molecule has 8 nitrogen and oxygen atoms in total. The molecule has 8 heteroatoms. The second-order valence-electron chi connectivity index (χ2n) is 8.15. The largest absolute Gasteiger partial charge is 0.497 e. The van der Waals surface area contributed by atoms with Crippen LogP contribution in [0.4, 0.5) is 0 Å². The van der Waals surface area contributed by atoms with Crippen LogP contribution in [0.3, 0.4) is 0 Å². The lowest BCUT2D eigenvalue weighted by Gasteiger charge is -2.28. The van der Waals surface area contributed by atoms with Gasteiger partial charge in [0.2, 0.25) is 5.91 Å². The van der Waals surface area contributed by atoms with Crippen molar-refractivity contribution in [3.63, 3.8) is 0 Å². The summed E-state index contributed by atoms with van der Waals surface area (Å²) in [5, 5.41) is 7.61. The van der Waals surface area contributed by atoms with E-state index in [0.717, 1.165) is 29.0 Å². The first-order chi connectivity index (χ1) is 16.0. The molecule has 1 aliphatic heterocycles. The van der Waals surface area contributed by atoms with E-state index in [-0.39, 0.29) is 11.8 Å². The van der Waals surface area contributed by atoms with Gasteiger partial charge in [-0.15, -0.1) is 0 Å². The maximum atomic E-state index is 12.9. The maximum Gasteiger partial charge on any atom is 0.251 e. The van der Waals surface area contributed by atoms with Gasteiger partial charge in [0.15, 0.2) is 0 Å². The van der Waals surface area contributed by atoms with Crippen molar-refractivity contribution in [3.8, 4) is 5.75 Å². The summed E-state index contributed by atoms with van der Waals surface area (Å²) in [6.45, 7) is 1.74. The molecule has 1 N–H and O–H groups in total. The molecular formula is C25H29N5O3. The first-order valence-corrected chi connectivity index (χ1v) is 11.2. The van der Waals surface area contributed by atoms with E-state index >= 15 is 0 Å². The molecule has 2 amide bonds. The van der Waals surface area contributed by atoms with Crippen molar-refractivity contribution in [2.75, 3.05) is 20.2 Å². The topological polar surface area (TPSA) is 89.3 Å². The van der Waals surface area contributed by atoms with E-state index in [0.29, 0.717) is 44.5 Å². The number of amides is 2. The van der Waals surface area contributed by atoms with Gasteiger partial charge in [0.25, 0.3) is 5.91 Å². The molecule has 0 fully saturated rings. The number of aryl methyl sites for hydroxylation is 2. The second kappa shape index (κ2) is 10.3. The quantitative estimate of drug-likeness (QED) is 0.572. The summed E-state index contributed by atoms with van der Waals surface area (Å²) < 4.78 is 7.18. The highest BCUT2D eigenvalue weighted by Gasteiger charge is 2.26. The fourth-order valence-corrected chi connectivity index (χ4v) is 4.22. The summed E-state index contributed by atoms with van der Waals surface area (Å²) in [6.07, 6.45) is 5.74. The van der Waals surface area contributed by atoms with Gasteiger partial charge in [-0.05, 0) is 36.2 Å². The van der Waals surface area contributed by atoms with Crippen LogP contribution < -0.4 is 10.1 Å². The fraction of sp³-hybridized carbons (Fsp3) is 0.360. The maximum absolute atomic E-state index is 12.9. The zero-order valence-electron chi connectivity index (χ0n) is 19.1. The number of nitrogens with zero attached hydrogens (tertiary/aromatic N) is 4. The molecule has 0 saturated heterocycles. The molecule has 0 atom stereocenters. The number of rotatable bonds is 8. The number of benzene rings is 1. The summed E-state index contributed by atoms with van der Waals surface area (Å²) in [5.74, 6) is 0.819. The van der Waals surface area contributed by atoms with E-state index in [9.17, 15) is 9.59 Å². The van der Waals surface area contributed by atoms with E-state index < -0.39 is 0 Å². The number of hydrogen-bond donors (Lipinski definition) is 1. The number of fused-ring (bicyclic) bond motifs is 1. The Kier molecular flexibility index (Phi) is 7.02. The van der Waals surface area contributed by atoms with Gasteiger partial charge in [-0.25, -0.2) is 0 Å². The lowest BCUT2D eigenvalue weighted by molar-refractivity contribution is -0.132. The molecule has 0 spiro atoms. The third-order valence-corrected chi connectivity index (χ3v) is 6.03. The SMILES string of the molecule is COc1cccc(CCC(=O)N2CCc3c(c(CCNC(=O)c4ccncc4)nn3C)C2)c1. The van der Waals surface area contributed by atoms with Crippen LogP contribution in [0.2, 0.25) is 0 Å². The van der Waals surface area contributed by atoms with Crippen molar-refractivity contribution in [1.29, 1.82) is 0 Å². The molecule has 1 aliphatic rings. The minimum absolute atomic E-state index is 0.128. The number of hydrogen-bond acceptors (Lipinski definition) is 5. The summed E-state index contributed by atoms with van der Waals surface area (Å²) in [5.41, 5.74) is 4.89. The lowest BCUT2D eigenvalue weighted by atomic mass is 10.0. The highest BCUT2D eigenvalue weighted by molar-refractivity contribution is 5.93. The van der Waals surface area contributed by atoms with Crippen molar-refractivity contribution in [2.45, 2.75) is 32.2 Å². The number of pyridine rings is 1. The fourth-order valence-electron chi connectivity index (χ4n) is 4.22. The Morgan fingerprint density at radius 2 is 1.97 bits per heavy atom. The average Bonchev–Trinajstić information content (AvgIpc) is 3.17. The molecule has 0 unspecified atom stereocenters. The minimum Gasteiger partial charge on any atom is -0.497 e. The highest BCUT2D eigenvalue weighted by Crippen LogP contribution is 2.23. The van der Waals surface area contributed by atoms with Crippen molar-refractivity contribution in [1.82, 2.24) is 25.0 Å². The van der Waals surface area contributed by atoms with E-state index in [2.05, 4.69) is 15.4 Å². The zero-order valence-corrected chi connectivity index (χ0v) is 19.1. The van der Waals surface area contributed by atoms with Crippen LogP contribution in [-0.2, 0) is 37.6 Å². The number of aromatic nitrogens is 3. The van der Waals surface area contributed by atoms with Gasteiger partial charge >= 0.3 is 0 Å². The predicted molar refractivity (Wildman–Crippen MR) is 124 cm³/mol. The molecule has 172 valence electrons. The van der Waals surface area contributed by atoms with Crippen LogP contribution in [-0.4, -0.2) is 51.7 Å². The molecule has 1 aromatic carbocycles. The van der Waals surface area contributed by atoms with Crippen LogP contribution in [0, 0.1) is 0 Å². The average molecular weight is 448 g/mol. The van der Waals surface area contributed by atoms with Crippen LogP contribution >= 0.6 is 0 Å². The third-order valence-electron chi connectivity index (χ3n) is 6.03. The summed E-state index contributed by atoms with van der Waals surface area (Å²) in [6, 6.07) is 11.2. The van der Waals surface area contributed by atoms with E-state index in [1.807, 2.05) is 40.9 Å². The van der Waals surface area contributed by atoms with Crippen molar-refractivity contribution in [2.24, 2.45) is 7.05 Å². The van der Waals surface area contributed by atoms with Crippen LogP contribution in [0.5, 0.6) is 5.75 Å². The normalized spacial score (nSPS) is 12.8. The van der Waals surface area contributed by atoms with Gasteiger partial charge in [0.05, 0.1) is 12.8 Å². The Morgan fingerprint density at radius 3 is 2.76 bits per heavy atom. The van der Waals surface area contributed by atoms with Crippen molar-refractivity contribution >= 4 is 11.8 Å². The third kappa shape index (κ3) is 5.39. The number of ether oxygens (including phenoxy) is 1. The Labute approximate surface area is 193 Å². The first-order valence-electron chi connectivity index (χ1n) is 11.2. The zero-order chi connectivity index (χ0) is 23.2. The smallest absolute Gasteiger partial charge is 0.251 e. The molecule has 3 aromatic rings. The Balaban J connectivity index is 1.34. The molecule has 33 heavy (non-hydrogen) atoms. The number of carbonyl (C=O) groups is 2. The van der Waals surface area contributed by atoms with Gasteiger partial charge in [0, 0.05) is 75.2 Å². The van der Waals surface area contributed by atoms with Crippen LogP contribution in [0.15, 0.2) is 48.8 Å². The number of carbonyl (C=O) groups excluding carboxylic acids is 2. The van der Waals surface area contributed by atoms with Crippen LogP contribution in [0.25, 0.3) is 0 Å². The molecule has 0 bridgehead atoms. The van der Waals surface area contributed by atoms with E-state index in [4.69, 9.17) is 4.74 Å². The predicted octanol–water partition coefficient (Wildman–Crippen LogP) is 2.31.